The third-order valence-corrected chi connectivity index (χ3v) is 6.81. The molecule has 4 rings (SSSR count). The van der Waals surface area contributed by atoms with Gasteiger partial charge in [0.25, 0.3) is 11.7 Å². The van der Waals surface area contributed by atoms with E-state index in [2.05, 4.69) is 0 Å². The Morgan fingerprint density at radius 1 is 0.974 bits per heavy atom. The third kappa shape index (κ3) is 5.43. The van der Waals surface area contributed by atoms with Crippen LogP contribution < -0.4 is 14.4 Å². The van der Waals surface area contributed by atoms with Gasteiger partial charge in [0.15, 0.2) is 0 Å². The number of esters is 1. The molecular weight excluding hydrogens is 494 g/mol. The number of carbonyl (C=O) groups excluding carboxylic acids is 3. The molecule has 202 valence electrons. The zero-order valence-corrected chi connectivity index (χ0v) is 23.1. The molecule has 0 saturated carbocycles. The van der Waals surface area contributed by atoms with Gasteiger partial charge in [-0.1, -0.05) is 52.0 Å². The molecule has 3 aromatic rings. The van der Waals surface area contributed by atoms with E-state index in [-0.39, 0.29) is 16.7 Å². The minimum Gasteiger partial charge on any atom is -0.507 e. The number of aliphatic hydroxyl groups excluding tert-OH is 1. The Hall–Kier alpha value is -4.39. The van der Waals surface area contributed by atoms with Crippen LogP contribution in [0.3, 0.4) is 0 Å². The number of benzene rings is 3. The van der Waals surface area contributed by atoms with Crippen LogP contribution >= 0.6 is 0 Å². The van der Waals surface area contributed by atoms with Crippen LogP contribution in [0.25, 0.3) is 5.76 Å². The SMILES string of the molecule is CCc1ccc(N2C(=O)C(=O)/C(=C(\O)c3ccc(OC)c(C(C)(C)C)c3)C2c2ccc(OC(C)=O)cc2)cc1. The Balaban J connectivity index is 1.92. The van der Waals surface area contributed by atoms with Gasteiger partial charge in [0.2, 0.25) is 0 Å². The first-order chi connectivity index (χ1) is 18.5. The lowest BCUT2D eigenvalue weighted by atomic mass is 9.84. The number of ketones is 1. The van der Waals surface area contributed by atoms with Crippen LogP contribution in [-0.4, -0.2) is 29.9 Å². The number of hydrogen-bond donors (Lipinski definition) is 1. The Morgan fingerprint density at radius 2 is 1.62 bits per heavy atom. The van der Waals surface area contributed by atoms with Gasteiger partial charge in [-0.05, 0) is 65.4 Å². The number of amides is 1. The molecule has 7 nitrogen and oxygen atoms in total. The molecule has 0 bridgehead atoms. The molecule has 1 unspecified atom stereocenters. The molecule has 1 atom stereocenters. The molecule has 1 heterocycles. The average Bonchev–Trinajstić information content (AvgIpc) is 3.17. The summed E-state index contributed by atoms with van der Waals surface area (Å²) in [6.07, 6.45) is 0.827. The van der Waals surface area contributed by atoms with E-state index in [0.29, 0.717) is 28.3 Å². The van der Waals surface area contributed by atoms with Gasteiger partial charge in [-0.15, -0.1) is 0 Å². The first-order valence-corrected chi connectivity index (χ1v) is 12.8. The molecule has 0 aromatic heterocycles. The summed E-state index contributed by atoms with van der Waals surface area (Å²) in [5.74, 6) is -1.26. The van der Waals surface area contributed by atoms with Gasteiger partial charge >= 0.3 is 5.97 Å². The summed E-state index contributed by atoms with van der Waals surface area (Å²) in [6, 6.07) is 18.3. The highest BCUT2D eigenvalue weighted by Gasteiger charge is 2.47. The van der Waals surface area contributed by atoms with Gasteiger partial charge in [-0.2, -0.15) is 0 Å². The van der Waals surface area contributed by atoms with E-state index < -0.39 is 23.7 Å². The second kappa shape index (κ2) is 10.8. The van der Waals surface area contributed by atoms with Gasteiger partial charge in [0, 0.05) is 23.7 Å². The molecule has 0 aliphatic carbocycles. The zero-order valence-electron chi connectivity index (χ0n) is 23.1. The maximum Gasteiger partial charge on any atom is 0.308 e. The van der Waals surface area contributed by atoms with Crippen LogP contribution in [-0.2, 0) is 26.2 Å². The summed E-state index contributed by atoms with van der Waals surface area (Å²) >= 11 is 0. The summed E-state index contributed by atoms with van der Waals surface area (Å²) in [6.45, 7) is 9.42. The van der Waals surface area contributed by atoms with Crippen LogP contribution in [0.15, 0.2) is 72.3 Å². The number of anilines is 1. The van der Waals surface area contributed by atoms with Crippen LogP contribution in [0.4, 0.5) is 5.69 Å². The lowest BCUT2D eigenvalue weighted by molar-refractivity contribution is -0.132. The molecule has 39 heavy (non-hydrogen) atoms. The number of nitrogens with zero attached hydrogens (tertiary/aromatic N) is 1. The third-order valence-electron chi connectivity index (χ3n) is 6.81. The Kier molecular flexibility index (Phi) is 7.63. The number of ether oxygens (including phenoxy) is 2. The Morgan fingerprint density at radius 3 is 2.15 bits per heavy atom. The standard InChI is InChI=1S/C32H33NO6/c1-7-20-8-13-23(14-9-20)33-28(21-10-15-24(16-11-21)39-19(2)34)27(30(36)31(33)37)29(35)22-12-17-26(38-6)25(18-22)32(3,4)5/h8-18,28,35H,7H2,1-6H3/b29-27-. The van der Waals surface area contributed by atoms with Crippen molar-refractivity contribution < 1.29 is 29.0 Å². The van der Waals surface area contributed by atoms with E-state index in [1.165, 1.54) is 11.8 Å². The molecular formula is C32H33NO6. The summed E-state index contributed by atoms with van der Waals surface area (Å²) < 4.78 is 10.7. The van der Waals surface area contributed by atoms with E-state index in [1.807, 2.05) is 39.8 Å². The zero-order chi connectivity index (χ0) is 28.5. The molecule has 1 aliphatic heterocycles. The molecule has 1 amide bonds. The van der Waals surface area contributed by atoms with Gasteiger partial charge in [0.05, 0.1) is 18.7 Å². The molecule has 0 spiro atoms. The van der Waals surface area contributed by atoms with E-state index >= 15 is 0 Å². The van der Waals surface area contributed by atoms with Crippen LogP contribution in [0.2, 0.25) is 0 Å². The first-order valence-electron chi connectivity index (χ1n) is 12.8. The molecule has 1 N–H and O–H groups in total. The lowest BCUT2D eigenvalue weighted by Gasteiger charge is -2.26. The summed E-state index contributed by atoms with van der Waals surface area (Å²) in [5.41, 5.74) is 3.13. The number of methoxy groups -OCH3 is 1. The van der Waals surface area contributed by atoms with Crippen LogP contribution in [0.5, 0.6) is 11.5 Å². The normalized spacial score (nSPS) is 16.9. The largest absolute Gasteiger partial charge is 0.507 e. The Bertz CT molecular complexity index is 1450. The first kappa shape index (κ1) is 27.6. The summed E-state index contributed by atoms with van der Waals surface area (Å²) in [4.78, 5) is 39.8. The van der Waals surface area contributed by atoms with Gasteiger partial charge in [0.1, 0.15) is 17.3 Å². The lowest BCUT2D eigenvalue weighted by Crippen LogP contribution is -2.29. The second-order valence-electron chi connectivity index (χ2n) is 10.5. The van der Waals surface area contributed by atoms with Crippen molar-refractivity contribution in [2.45, 2.75) is 52.5 Å². The number of Topliss-reactive ketones (excluding diaryl/α,β-unsaturated/α-hetero) is 1. The minimum absolute atomic E-state index is 0.0233. The van der Waals surface area contributed by atoms with Crippen molar-refractivity contribution in [3.63, 3.8) is 0 Å². The van der Waals surface area contributed by atoms with Crippen LogP contribution in [0.1, 0.15) is 62.9 Å². The molecule has 3 aromatic carbocycles. The maximum atomic E-state index is 13.5. The number of aryl methyl sites for hydroxylation is 1. The van der Waals surface area contributed by atoms with Gasteiger partial charge in [-0.25, -0.2) is 0 Å². The quantitative estimate of drug-likeness (QED) is 0.137. The van der Waals surface area contributed by atoms with Crippen molar-refractivity contribution in [2.75, 3.05) is 12.0 Å². The van der Waals surface area contributed by atoms with E-state index in [4.69, 9.17) is 9.47 Å². The fourth-order valence-corrected chi connectivity index (χ4v) is 4.79. The number of aliphatic hydroxyl groups is 1. The monoisotopic (exact) mass is 527 g/mol. The fraction of sp³-hybridized carbons (Fsp3) is 0.281. The average molecular weight is 528 g/mol. The second-order valence-corrected chi connectivity index (χ2v) is 10.5. The smallest absolute Gasteiger partial charge is 0.308 e. The predicted octanol–water partition coefficient (Wildman–Crippen LogP) is 6.11. The molecule has 1 fully saturated rings. The minimum atomic E-state index is -0.899. The van der Waals surface area contributed by atoms with Crippen molar-refractivity contribution in [2.24, 2.45) is 0 Å². The number of rotatable bonds is 6. The highest BCUT2D eigenvalue weighted by Crippen LogP contribution is 2.43. The topological polar surface area (TPSA) is 93.1 Å². The van der Waals surface area contributed by atoms with Crippen molar-refractivity contribution in [1.29, 1.82) is 0 Å². The summed E-state index contributed by atoms with van der Waals surface area (Å²) in [7, 11) is 1.58. The van der Waals surface area contributed by atoms with Crippen molar-refractivity contribution in [1.82, 2.24) is 0 Å². The van der Waals surface area contributed by atoms with E-state index in [1.54, 1.807) is 61.7 Å². The van der Waals surface area contributed by atoms with Gasteiger partial charge in [-0.3, -0.25) is 19.3 Å². The highest BCUT2D eigenvalue weighted by atomic mass is 16.5. The fourth-order valence-electron chi connectivity index (χ4n) is 4.79. The summed E-state index contributed by atoms with van der Waals surface area (Å²) in [5, 5.41) is 11.6. The molecule has 1 aliphatic rings. The molecule has 0 radical (unpaired) electrons. The predicted molar refractivity (Wildman–Crippen MR) is 150 cm³/mol. The van der Waals surface area contributed by atoms with Crippen molar-refractivity contribution >= 4 is 29.1 Å². The van der Waals surface area contributed by atoms with E-state index in [0.717, 1.165) is 17.5 Å². The van der Waals surface area contributed by atoms with Gasteiger partial charge < -0.3 is 14.6 Å². The molecule has 1 saturated heterocycles. The molecule has 7 heteroatoms. The van der Waals surface area contributed by atoms with Crippen LogP contribution in [0, 0.1) is 0 Å². The number of carbonyl (C=O) groups is 3. The Labute approximate surface area is 228 Å². The maximum absolute atomic E-state index is 13.5. The van der Waals surface area contributed by atoms with E-state index in [9.17, 15) is 19.5 Å². The number of hydrogen-bond acceptors (Lipinski definition) is 6. The van der Waals surface area contributed by atoms with Crippen molar-refractivity contribution in [3.05, 3.63) is 94.6 Å². The highest BCUT2D eigenvalue weighted by molar-refractivity contribution is 6.51. The van der Waals surface area contributed by atoms with Crippen molar-refractivity contribution in [3.8, 4) is 11.5 Å².